The Morgan fingerprint density at radius 3 is 2.50 bits per heavy atom. The lowest BCUT2D eigenvalue weighted by atomic mass is 10.4. The molecule has 1 amide bonds. The van der Waals surface area contributed by atoms with Gasteiger partial charge in [0.05, 0.1) is 6.04 Å². The third-order valence-corrected chi connectivity index (χ3v) is 0.681. The summed E-state index contributed by atoms with van der Waals surface area (Å²) in [6.45, 7) is 2.48. The van der Waals surface area contributed by atoms with Gasteiger partial charge < -0.3 is 5.32 Å². The first-order chi connectivity index (χ1) is 3.66. The number of carbonyl (C=O) groups excluding carboxylic acids is 1. The Labute approximate surface area is 48.1 Å². The van der Waals surface area contributed by atoms with Gasteiger partial charge in [0.15, 0.2) is 0 Å². The van der Waals surface area contributed by atoms with Gasteiger partial charge in [0.2, 0.25) is 5.91 Å². The zero-order chi connectivity index (χ0) is 6.57. The summed E-state index contributed by atoms with van der Waals surface area (Å²) in [6.07, 6.45) is 0. The second-order valence-electron chi connectivity index (χ2n) is 1.76. The maximum absolute atomic E-state index is 11.5. The van der Waals surface area contributed by atoms with Crippen LogP contribution in [-0.2, 0) is 4.79 Å². The Morgan fingerprint density at radius 2 is 2.38 bits per heavy atom. The number of hydrogen-bond acceptors (Lipinski definition) is 1. The minimum Gasteiger partial charge on any atom is -0.351 e. The smallest absolute Gasteiger partial charge is 0.217 e. The van der Waals surface area contributed by atoms with Crippen molar-refractivity contribution in [3.05, 3.63) is 0 Å². The van der Waals surface area contributed by atoms with Crippen LogP contribution >= 0.6 is 0 Å². The number of hydrogen-bond donors (Lipinski definition) is 1. The van der Waals surface area contributed by atoms with Gasteiger partial charge in [-0.1, -0.05) is 0 Å². The van der Waals surface area contributed by atoms with Crippen molar-refractivity contribution in [2.45, 2.75) is 19.9 Å². The van der Waals surface area contributed by atoms with Gasteiger partial charge in [-0.25, -0.2) is 4.39 Å². The first kappa shape index (κ1) is 7.40. The van der Waals surface area contributed by atoms with Crippen molar-refractivity contribution >= 4 is 5.91 Å². The van der Waals surface area contributed by atoms with Crippen LogP contribution in [0.25, 0.3) is 0 Å². The molecule has 0 saturated heterocycles. The van der Waals surface area contributed by atoms with Gasteiger partial charge in [-0.2, -0.15) is 0 Å². The van der Waals surface area contributed by atoms with Crippen molar-refractivity contribution in [2.75, 3.05) is 6.67 Å². The molecular formula is C5H10FNO. The summed E-state index contributed by atoms with van der Waals surface area (Å²) in [6, 6.07) is -0.340. The molecule has 0 aromatic rings. The molecule has 1 atom stereocenters. The van der Waals surface area contributed by atoms with E-state index in [2.05, 4.69) is 5.32 Å². The quantitative estimate of drug-likeness (QED) is 0.562. The molecule has 0 aromatic carbocycles. The van der Waals surface area contributed by atoms with Gasteiger partial charge in [-0.15, -0.1) is 0 Å². The number of amides is 1. The van der Waals surface area contributed by atoms with Crippen molar-refractivity contribution in [1.82, 2.24) is 5.32 Å². The fourth-order valence-electron chi connectivity index (χ4n) is 0.386. The highest BCUT2D eigenvalue weighted by molar-refractivity contribution is 5.73. The minimum absolute atomic E-state index is 0.185. The zero-order valence-corrected chi connectivity index (χ0v) is 5.07. The molecular weight excluding hydrogens is 109 g/mol. The third kappa shape index (κ3) is 3.59. The van der Waals surface area contributed by atoms with Crippen LogP contribution in [-0.4, -0.2) is 18.6 Å². The standard InChI is InChI=1S/C5H10FNO/c1-4(3-6)7-5(2)8/h4H,3H2,1-2H3,(H,7,8)/t4-/m1/s1. The first-order valence-corrected chi connectivity index (χ1v) is 2.50. The number of rotatable bonds is 2. The van der Waals surface area contributed by atoms with Crippen molar-refractivity contribution in [3.8, 4) is 0 Å². The van der Waals surface area contributed by atoms with Crippen LogP contribution in [0.2, 0.25) is 0 Å². The molecule has 0 fully saturated rings. The van der Waals surface area contributed by atoms with E-state index in [9.17, 15) is 9.18 Å². The minimum atomic E-state index is -0.500. The average Bonchev–Trinajstić information content (AvgIpc) is 1.65. The second-order valence-corrected chi connectivity index (χ2v) is 1.76. The molecule has 8 heavy (non-hydrogen) atoms. The molecule has 0 rings (SSSR count). The third-order valence-electron chi connectivity index (χ3n) is 0.681. The summed E-state index contributed by atoms with van der Waals surface area (Å²) in [5, 5.41) is 2.38. The van der Waals surface area contributed by atoms with Crippen molar-refractivity contribution in [3.63, 3.8) is 0 Å². The lowest BCUT2D eigenvalue weighted by Crippen LogP contribution is -2.31. The maximum Gasteiger partial charge on any atom is 0.217 e. The van der Waals surface area contributed by atoms with Crippen molar-refractivity contribution in [1.29, 1.82) is 0 Å². The van der Waals surface area contributed by atoms with Gasteiger partial charge in [0.1, 0.15) is 6.67 Å². The summed E-state index contributed by atoms with van der Waals surface area (Å²) in [5.41, 5.74) is 0. The molecule has 0 heterocycles. The van der Waals surface area contributed by atoms with E-state index in [4.69, 9.17) is 0 Å². The van der Waals surface area contributed by atoms with E-state index < -0.39 is 6.67 Å². The van der Waals surface area contributed by atoms with E-state index in [0.29, 0.717) is 0 Å². The molecule has 3 heteroatoms. The summed E-state index contributed by atoms with van der Waals surface area (Å²) in [7, 11) is 0. The molecule has 0 spiro atoms. The molecule has 0 aliphatic carbocycles. The van der Waals surface area contributed by atoms with Crippen LogP contribution in [0.3, 0.4) is 0 Å². The molecule has 0 saturated carbocycles. The van der Waals surface area contributed by atoms with E-state index in [1.807, 2.05) is 0 Å². The second kappa shape index (κ2) is 3.41. The topological polar surface area (TPSA) is 29.1 Å². The Hall–Kier alpha value is -0.600. The van der Waals surface area contributed by atoms with Crippen LogP contribution in [0.4, 0.5) is 4.39 Å². The average molecular weight is 119 g/mol. The lowest BCUT2D eigenvalue weighted by molar-refractivity contribution is -0.119. The number of carbonyl (C=O) groups is 1. The van der Waals surface area contributed by atoms with E-state index in [-0.39, 0.29) is 11.9 Å². The SMILES string of the molecule is CC(=O)N[C@H](C)CF. The first-order valence-electron chi connectivity index (χ1n) is 2.50. The Morgan fingerprint density at radius 1 is 1.88 bits per heavy atom. The highest BCUT2D eigenvalue weighted by Crippen LogP contribution is 1.79. The molecule has 0 unspecified atom stereocenters. The van der Waals surface area contributed by atoms with Crippen LogP contribution in [0.15, 0.2) is 0 Å². The van der Waals surface area contributed by atoms with E-state index in [1.165, 1.54) is 6.92 Å². The van der Waals surface area contributed by atoms with Gasteiger partial charge in [0.25, 0.3) is 0 Å². The monoisotopic (exact) mass is 119 g/mol. The van der Waals surface area contributed by atoms with E-state index >= 15 is 0 Å². The van der Waals surface area contributed by atoms with Crippen LogP contribution in [0.5, 0.6) is 0 Å². The molecule has 0 bridgehead atoms. The van der Waals surface area contributed by atoms with Gasteiger partial charge in [0, 0.05) is 6.92 Å². The van der Waals surface area contributed by atoms with Gasteiger partial charge >= 0.3 is 0 Å². The van der Waals surface area contributed by atoms with E-state index in [0.717, 1.165) is 0 Å². The maximum atomic E-state index is 11.5. The van der Waals surface area contributed by atoms with Crippen LogP contribution in [0.1, 0.15) is 13.8 Å². The number of nitrogens with one attached hydrogen (secondary N) is 1. The van der Waals surface area contributed by atoms with Crippen molar-refractivity contribution < 1.29 is 9.18 Å². The molecule has 0 aliphatic heterocycles. The number of halogens is 1. The Balaban J connectivity index is 3.24. The van der Waals surface area contributed by atoms with Crippen LogP contribution < -0.4 is 5.32 Å². The predicted octanol–water partition coefficient (Wildman–Crippen LogP) is 0.481. The molecule has 0 radical (unpaired) electrons. The largest absolute Gasteiger partial charge is 0.351 e. The zero-order valence-electron chi connectivity index (χ0n) is 5.07. The van der Waals surface area contributed by atoms with Gasteiger partial charge in [-0.05, 0) is 6.92 Å². The molecule has 0 aromatic heterocycles. The molecule has 48 valence electrons. The highest BCUT2D eigenvalue weighted by Gasteiger charge is 1.99. The normalized spacial score (nSPS) is 12.9. The van der Waals surface area contributed by atoms with Gasteiger partial charge in [-0.3, -0.25) is 4.79 Å². The highest BCUT2D eigenvalue weighted by atomic mass is 19.1. The molecule has 0 aliphatic rings. The lowest BCUT2D eigenvalue weighted by Gasteiger charge is -2.04. The summed E-state index contributed by atoms with van der Waals surface area (Å²) >= 11 is 0. The summed E-state index contributed by atoms with van der Waals surface area (Å²) in [5.74, 6) is -0.185. The summed E-state index contributed by atoms with van der Waals surface area (Å²) < 4.78 is 11.5. The molecule has 2 nitrogen and oxygen atoms in total. The number of alkyl halides is 1. The predicted molar refractivity (Wildman–Crippen MR) is 29.3 cm³/mol. The fraction of sp³-hybridized carbons (Fsp3) is 0.800. The van der Waals surface area contributed by atoms with Crippen LogP contribution in [0, 0.1) is 0 Å². The Kier molecular flexibility index (Phi) is 3.15. The Bertz CT molecular complexity index is 84.5. The van der Waals surface area contributed by atoms with Crippen molar-refractivity contribution in [2.24, 2.45) is 0 Å². The fourth-order valence-corrected chi connectivity index (χ4v) is 0.386. The molecule has 1 N–H and O–H groups in total. The summed E-state index contributed by atoms with van der Waals surface area (Å²) in [4.78, 5) is 10.1. The van der Waals surface area contributed by atoms with E-state index in [1.54, 1.807) is 6.92 Å².